The van der Waals surface area contributed by atoms with Gasteiger partial charge in [-0.05, 0) is 12.8 Å². The fourth-order valence-electron chi connectivity index (χ4n) is 2.48. The molecule has 2 rings (SSSR count). The van der Waals surface area contributed by atoms with Gasteiger partial charge in [0.1, 0.15) is 0 Å². The molecule has 0 spiro atoms. The van der Waals surface area contributed by atoms with Crippen LogP contribution in [0, 0.1) is 0 Å². The second-order valence-corrected chi connectivity index (χ2v) is 4.19. The molecule has 4 heteroatoms. The summed E-state index contributed by atoms with van der Waals surface area (Å²) in [5.74, 6) is 0. The molecule has 94 valence electrons. The van der Waals surface area contributed by atoms with Crippen LogP contribution in [0.4, 0.5) is 0 Å². The van der Waals surface area contributed by atoms with Gasteiger partial charge < -0.3 is 5.32 Å². The second-order valence-electron chi connectivity index (χ2n) is 4.19. The highest BCUT2D eigenvalue weighted by molar-refractivity contribution is 5.85. The molecular weight excluding hydrogens is 243 g/mol. The number of hydrogen-bond donors (Lipinski definition) is 1. The molecule has 16 heavy (non-hydrogen) atoms. The predicted octanol–water partition coefficient (Wildman–Crippen LogP) is 2.40. The monoisotopic (exact) mass is 264 g/mol. The van der Waals surface area contributed by atoms with Crippen LogP contribution in [0.5, 0.6) is 0 Å². The van der Waals surface area contributed by atoms with Gasteiger partial charge in [-0.15, -0.1) is 24.8 Å². The quantitative estimate of drug-likeness (QED) is 0.824. The van der Waals surface area contributed by atoms with Gasteiger partial charge in [-0.25, -0.2) is 0 Å². The van der Waals surface area contributed by atoms with E-state index >= 15 is 0 Å². The molecule has 0 aromatic heterocycles. The summed E-state index contributed by atoms with van der Waals surface area (Å²) in [7, 11) is 0. The van der Waals surface area contributed by atoms with E-state index in [1.165, 1.54) is 25.9 Å². The highest BCUT2D eigenvalue weighted by atomic mass is 35.5. The number of halogens is 2. The molecule has 0 aromatic rings. The summed E-state index contributed by atoms with van der Waals surface area (Å²) in [4.78, 5) is 2.63. The predicted molar refractivity (Wildman–Crippen MR) is 74.9 cm³/mol. The number of piperazine rings is 1. The zero-order chi connectivity index (χ0) is 9.86. The molecular formula is C12H22Cl2N2. The third-order valence-corrected chi connectivity index (χ3v) is 3.48. The fraction of sp³-hybridized carbons (Fsp3) is 0.667. The van der Waals surface area contributed by atoms with Crippen molar-refractivity contribution in [1.82, 2.24) is 10.2 Å². The minimum atomic E-state index is 0. The standard InChI is InChI=1S/C12H20N2.2ClH/c1-2-12(6-4-3-5-7-12)14-10-8-13-9-11-14;;/h3-6,13H,2,7-11H2,1H3;2*1H. The van der Waals surface area contributed by atoms with Gasteiger partial charge in [-0.3, -0.25) is 4.90 Å². The van der Waals surface area contributed by atoms with E-state index in [0.29, 0.717) is 5.54 Å². The van der Waals surface area contributed by atoms with E-state index in [1.807, 2.05) is 0 Å². The Morgan fingerprint density at radius 3 is 2.38 bits per heavy atom. The Hall–Kier alpha value is -0.0200. The van der Waals surface area contributed by atoms with Crippen molar-refractivity contribution >= 4 is 24.8 Å². The number of nitrogens with one attached hydrogen (secondary N) is 1. The number of nitrogens with zero attached hydrogens (tertiary/aromatic N) is 1. The summed E-state index contributed by atoms with van der Waals surface area (Å²) < 4.78 is 0. The van der Waals surface area contributed by atoms with Gasteiger partial charge in [0.25, 0.3) is 0 Å². The van der Waals surface area contributed by atoms with Gasteiger partial charge in [0.2, 0.25) is 0 Å². The van der Waals surface area contributed by atoms with Crippen LogP contribution in [0.2, 0.25) is 0 Å². The maximum atomic E-state index is 3.41. The van der Waals surface area contributed by atoms with Crippen LogP contribution < -0.4 is 5.32 Å². The van der Waals surface area contributed by atoms with Crippen LogP contribution >= 0.6 is 24.8 Å². The highest BCUT2D eigenvalue weighted by Crippen LogP contribution is 2.29. The second kappa shape index (κ2) is 7.33. The van der Waals surface area contributed by atoms with Crippen molar-refractivity contribution in [2.75, 3.05) is 26.2 Å². The van der Waals surface area contributed by atoms with E-state index < -0.39 is 0 Å². The summed E-state index contributed by atoms with van der Waals surface area (Å²) in [5.41, 5.74) is 0.316. The van der Waals surface area contributed by atoms with E-state index in [-0.39, 0.29) is 24.8 Å². The minimum absolute atomic E-state index is 0. The number of rotatable bonds is 2. The molecule has 1 unspecified atom stereocenters. The molecule has 2 aliphatic rings. The van der Waals surface area contributed by atoms with Crippen LogP contribution in [0.25, 0.3) is 0 Å². The van der Waals surface area contributed by atoms with Crippen molar-refractivity contribution in [3.63, 3.8) is 0 Å². The van der Waals surface area contributed by atoms with Gasteiger partial charge in [0.05, 0.1) is 0 Å². The summed E-state index contributed by atoms with van der Waals surface area (Å²) in [6, 6.07) is 0. The van der Waals surface area contributed by atoms with Crippen LogP contribution in [0.1, 0.15) is 19.8 Å². The molecule has 1 fully saturated rings. The molecule has 0 radical (unpaired) electrons. The Morgan fingerprint density at radius 2 is 1.88 bits per heavy atom. The van der Waals surface area contributed by atoms with Crippen molar-refractivity contribution in [2.24, 2.45) is 0 Å². The lowest BCUT2D eigenvalue weighted by molar-refractivity contribution is 0.109. The molecule has 1 aliphatic carbocycles. The van der Waals surface area contributed by atoms with Crippen LogP contribution in [-0.2, 0) is 0 Å². The molecule has 1 atom stereocenters. The lowest BCUT2D eigenvalue weighted by Gasteiger charge is -2.44. The Morgan fingerprint density at radius 1 is 1.19 bits per heavy atom. The van der Waals surface area contributed by atoms with Crippen molar-refractivity contribution in [3.05, 3.63) is 24.3 Å². The zero-order valence-corrected chi connectivity index (χ0v) is 11.4. The number of hydrogen-bond acceptors (Lipinski definition) is 2. The molecule has 1 aliphatic heterocycles. The average molecular weight is 265 g/mol. The third kappa shape index (κ3) is 3.24. The maximum Gasteiger partial charge on any atom is 0.0427 e. The first kappa shape index (κ1) is 16.0. The first-order valence-corrected chi connectivity index (χ1v) is 5.67. The smallest absolute Gasteiger partial charge is 0.0427 e. The summed E-state index contributed by atoms with van der Waals surface area (Å²) in [6.45, 7) is 6.95. The van der Waals surface area contributed by atoms with Crippen LogP contribution in [-0.4, -0.2) is 36.6 Å². The van der Waals surface area contributed by atoms with E-state index in [0.717, 1.165) is 13.1 Å². The Bertz CT molecular complexity index is 247. The highest BCUT2D eigenvalue weighted by Gasteiger charge is 2.32. The summed E-state index contributed by atoms with van der Waals surface area (Å²) >= 11 is 0. The van der Waals surface area contributed by atoms with Crippen molar-refractivity contribution in [2.45, 2.75) is 25.3 Å². The molecule has 2 nitrogen and oxygen atoms in total. The minimum Gasteiger partial charge on any atom is -0.314 e. The molecule has 0 saturated carbocycles. The van der Waals surface area contributed by atoms with Crippen molar-refractivity contribution in [3.8, 4) is 0 Å². The van der Waals surface area contributed by atoms with E-state index in [2.05, 4.69) is 41.4 Å². The van der Waals surface area contributed by atoms with Crippen molar-refractivity contribution < 1.29 is 0 Å². The third-order valence-electron chi connectivity index (χ3n) is 3.48. The lowest BCUT2D eigenvalue weighted by atomic mass is 9.86. The topological polar surface area (TPSA) is 15.3 Å². The van der Waals surface area contributed by atoms with Crippen LogP contribution in [0.15, 0.2) is 24.3 Å². The van der Waals surface area contributed by atoms with Gasteiger partial charge in [0.15, 0.2) is 0 Å². The summed E-state index contributed by atoms with van der Waals surface area (Å²) in [6.07, 6.45) is 11.4. The van der Waals surface area contributed by atoms with Crippen LogP contribution in [0.3, 0.4) is 0 Å². The average Bonchev–Trinajstić information content (AvgIpc) is 2.31. The molecule has 0 bridgehead atoms. The lowest BCUT2D eigenvalue weighted by Crippen LogP contribution is -2.55. The molecule has 0 aromatic carbocycles. The SMILES string of the molecule is CCC1(N2CCNCC2)C=CC=CC1.Cl.Cl. The largest absolute Gasteiger partial charge is 0.314 e. The molecule has 0 amide bonds. The number of allylic oxidation sites excluding steroid dienone is 2. The van der Waals surface area contributed by atoms with Gasteiger partial charge in [0, 0.05) is 31.7 Å². The zero-order valence-electron chi connectivity index (χ0n) is 9.82. The maximum absolute atomic E-state index is 3.41. The van der Waals surface area contributed by atoms with Gasteiger partial charge in [-0.1, -0.05) is 31.2 Å². The van der Waals surface area contributed by atoms with Gasteiger partial charge in [-0.2, -0.15) is 0 Å². The first-order valence-electron chi connectivity index (χ1n) is 5.67. The molecule has 1 N–H and O–H groups in total. The van der Waals surface area contributed by atoms with E-state index in [9.17, 15) is 0 Å². The first-order chi connectivity index (χ1) is 6.87. The Labute approximate surface area is 111 Å². The fourth-order valence-corrected chi connectivity index (χ4v) is 2.48. The molecule has 1 heterocycles. The molecule has 1 saturated heterocycles. The normalized spacial score (nSPS) is 29.3. The van der Waals surface area contributed by atoms with E-state index in [1.54, 1.807) is 0 Å². The summed E-state index contributed by atoms with van der Waals surface area (Å²) in [5, 5.41) is 3.41. The Balaban J connectivity index is 0.00000112. The van der Waals surface area contributed by atoms with Gasteiger partial charge >= 0.3 is 0 Å². The van der Waals surface area contributed by atoms with Crippen molar-refractivity contribution in [1.29, 1.82) is 0 Å². The Kier molecular flexibility index (Phi) is 7.32. The van der Waals surface area contributed by atoms with E-state index in [4.69, 9.17) is 0 Å².